The molecule has 4 nitrogen and oxygen atoms in total. The van der Waals surface area contributed by atoms with Crippen molar-refractivity contribution in [2.75, 3.05) is 14.2 Å². The zero-order valence-electron chi connectivity index (χ0n) is 15.7. The lowest BCUT2D eigenvalue weighted by atomic mass is 9.92. The molecule has 24 heavy (non-hydrogen) atoms. The first-order chi connectivity index (χ1) is 11.3. The van der Waals surface area contributed by atoms with E-state index < -0.39 is 8.07 Å². The second kappa shape index (κ2) is 9.02. The number of ether oxygens (including phenoxy) is 2. The van der Waals surface area contributed by atoms with Crippen molar-refractivity contribution in [1.29, 1.82) is 0 Å². The van der Waals surface area contributed by atoms with E-state index >= 15 is 0 Å². The minimum Gasteiger partial charge on any atom is -0.469 e. The van der Waals surface area contributed by atoms with E-state index in [0.717, 1.165) is 0 Å². The van der Waals surface area contributed by atoms with Crippen LogP contribution in [0.2, 0.25) is 18.6 Å². The first-order valence-electron chi connectivity index (χ1n) is 8.45. The molecule has 1 aromatic carbocycles. The van der Waals surface area contributed by atoms with E-state index in [1.165, 1.54) is 19.4 Å². The Balaban J connectivity index is 3.20. The zero-order chi connectivity index (χ0) is 18.3. The molecule has 0 fully saturated rings. The maximum atomic E-state index is 12.5. The second-order valence-electron chi connectivity index (χ2n) is 7.10. The molecule has 0 unspecified atom stereocenters. The van der Waals surface area contributed by atoms with Gasteiger partial charge in [0.15, 0.2) is 0 Å². The van der Waals surface area contributed by atoms with Crippen molar-refractivity contribution in [2.24, 2.45) is 11.8 Å². The summed E-state index contributed by atoms with van der Waals surface area (Å²) >= 11 is 0. The molecule has 0 radical (unpaired) electrons. The van der Waals surface area contributed by atoms with E-state index in [2.05, 4.69) is 39.1 Å². The van der Waals surface area contributed by atoms with E-state index in [-0.39, 0.29) is 29.8 Å². The smallest absolute Gasteiger partial charge is 0.308 e. The average molecular weight is 351 g/mol. The van der Waals surface area contributed by atoms with E-state index in [4.69, 9.17) is 9.47 Å². The van der Waals surface area contributed by atoms with E-state index in [1.807, 2.05) is 18.2 Å². The quantitative estimate of drug-likeness (QED) is 0.533. The Labute approximate surface area is 146 Å². The monoisotopic (exact) mass is 350 g/mol. The van der Waals surface area contributed by atoms with Crippen molar-refractivity contribution in [3.8, 4) is 0 Å². The summed E-state index contributed by atoms with van der Waals surface area (Å²) in [5.74, 6) is -0.496. The van der Waals surface area contributed by atoms with E-state index in [1.54, 1.807) is 0 Å². The Bertz CT molecular complexity index is 540. The molecule has 134 valence electrons. The van der Waals surface area contributed by atoms with Crippen molar-refractivity contribution < 1.29 is 19.1 Å². The molecule has 1 rings (SSSR count). The van der Waals surface area contributed by atoms with Gasteiger partial charge in [-0.25, -0.2) is 0 Å². The number of carbonyl (C=O) groups excluding carboxylic acids is 2. The minimum atomic E-state index is -1.95. The van der Waals surface area contributed by atoms with Gasteiger partial charge in [0.2, 0.25) is 0 Å². The first-order valence-corrected chi connectivity index (χ1v) is 11.5. The highest BCUT2D eigenvalue weighted by atomic mass is 28.3. The van der Waals surface area contributed by atoms with Crippen LogP contribution in [0.4, 0.5) is 0 Å². The molecule has 5 heteroatoms. The molecule has 0 saturated heterocycles. The lowest BCUT2D eigenvalue weighted by molar-refractivity contribution is -0.147. The van der Waals surface area contributed by atoms with Crippen LogP contribution in [0.1, 0.15) is 26.7 Å². The maximum absolute atomic E-state index is 12.5. The molecule has 0 aromatic heterocycles. The number of methoxy groups -OCH3 is 2. The minimum absolute atomic E-state index is 0.178. The number of hydrogen-bond donors (Lipinski definition) is 0. The highest BCUT2D eigenvalue weighted by Crippen LogP contribution is 2.40. The molecule has 0 amide bonds. The zero-order valence-corrected chi connectivity index (χ0v) is 16.7. The van der Waals surface area contributed by atoms with Crippen LogP contribution in [0.25, 0.3) is 0 Å². The summed E-state index contributed by atoms with van der Waals surface area (Å²) in [6, 6.07) is 10.4. The summed E-state index contributed by atoms with van der Waals surface area (Å²) in [5, 5.41) is 1.32. The third-order valence-corrected chi connectivity index (χ3v) is 9.45. The largest absolute Gasteiger partial charge is 0.469 e. The van der Waals surface area contributed by atoms with Gasteiger partial charge in [-0.05, 0) is 17.9 Å². The molecule has 0 spiro atoms. The highest BCUT2D eigenvalue weighted by Gasteiger charge is 2.44. The molecule has 0 N–H and O–H groups in total. The first kappa shape index (κ1) is 20.4. The number of esters is 2. The van der Waals surface area contributed by atoms with Crippen LogP contribution < -0.4 is 5.19 Å². The van der Waals surface area contributed by atoms with Crippen LogP contribution in [-0.4, -0.2) is 34.2 Å². The Hall–Kier alpha value is -1.62. The summed E-state index contributed by atoms with van der Waals surface area (Å²) < 4.78 is 9.82. The fourth-order valence-electron chi connectivity index (χ4n) is 3.83. The van der Waals surface area contributed by atoms with Gasteiger partial charge >= 0.3 is 11.9 Å². The molecule has 0 aliphatic heterocycles. The summed E-state index contributed by atoms with van der Waals surface area (Å²) in [6.07, 6.45) is 0.699. The van der Waals surface area contributed by atoms with Gasteiger partial charge in [0, 0.05) is 6.42 Å². The van der Waals surface area contributed by atoms with Crippen molar-refractivity contribution >= 4 is 25.2 Å². The standard InChI is InChI=1S/C19H30O4Si/c1-14(2)18(24(5,6)15-10-8-7-9-11-15)16(19(21)23-4)12-13-17(20)22-3/h7-11,14,16,18H,12-13H2,1-6H3/t16-,18+/m1/s1. The van der Waals surface area contributed by atoms with Crippen molar-refractivity contribution in [1.82, 2.24) is 0 Å². The van der Waals surface area contributed by atoms with Gasteiger partial charge in [0.1, 0.15) is 0 Å². The van der Waals surface area contributed by atoms with Crippen LogP contribution in [0.3, 0.4) is 0 Å². The SMILES string of the molecule is COC(=O)CC[C@@H](C(=O)OC)[C@H](C(C)C)[Si](C)(C)c1ccccc1. The molecular weight excluding hydrogens is 320 g/mol. The average Bonchev–Trinajstić information content (AvgIpc) is 2.57. The van der Waals surface area contributed by atoms with E-state index in [0.29, 0.717) is 12.3 Å². The van der Waals surface area contributed by atoms with Crippen LogP contribution in [0.5, 0.6) is 0 Å². The van der Waals surface area contributed by atoms with Crippen molar-refractivity contribution in [3.05, 3.63) is 30.3 Å². The summed E-state index contributed by atoms with van der Waals surface area (Å²) in [5.41, 5.74) is 0.178. The second-order valence-corrected chi connectivity index (χ2v) is 11.8. The third-order valence-electron chi connectivity index (χ3n) is 4.89. The van der Waals surface area contributed by atoms with Crippen molar-refractivity contribution in [2.45, 2.75) is 45.3 Å². The van der Waals surface area contributed by atoms with Crippen LogP contribution in [-0.2, 0) is 19.1 Å². The van der Waals surface area contributed by atoms with Crippen molar-refractivity contribution in [3.63, 3.8) is 0 Å². The van der Waals surface area contributed by atoms with Crippen LogP contribution in [0, 0.1) is 11.8 Å². The van der Waals surface area contributed by atoms with Gasteiger partial charge in [0.25, 0.3) is 0 Å². The Morgan fingerprint density at radius 3 is 2.08 bits per heavy atom. The van der Waals surface area contributed by atoms with Gasteiger partial charge < -0.3 is 9.47 Å². The summed E-state index contributed by atoms with van der Waals surface area (Å²) in [6.45, 7) is 8.88. The molecule has 0 bridgehead atoms. The third kappa shape index (κ3) is 4.93. The number of hydrogen-bond acceptors (Lipinski definition) is 4. The van der Waals surface area contributed by atoms with Crippen LogP contribution in [0.15, 0.2) is 30.3 Å². The lowest BCUT2D eigenvalue weighted by Gasteiger charge is -2.40. The molecular formula is C19H30O4Si. The van der Waals surface area contributed by atoms with Gasteiger partial charge in [-0.2, -0.15) is 0 Å². The lowest BCUT2D eigenvalue weighted by Crippen LogP contribution is -2.51. The van der Waals surface area contributed by atoms with Gasteiger partial charge in [0.05, 0.1) is 28.2 Å². The number of carbonyl (C=O) groups is 2. The molecule has 0 heterocycles. The Morgan fingerprint density at radius 2 is 1.62 bits per heavy atom. The van der Waals surface area contributed by atoms with Gasteiger partial charge in [-0.1, -0.05) is 62.5 Å². The molecule has 0 aliphatic carbocycles. The summed E-state index contributed by atoms with van der Waals surface area (Å²) in [7, 11) is 0.842. The predicted molar refractivity (Wildman–Crippen MR) is 98.9 cm³/mol. The van der Waals surface area contributed by atoms with E-state index in [9.17, 15) is 9.59 Å². The Kier molecular flexibility index (Phi) is 7.67. The number of benzene rings is 1. The molecule has 0 aliphatic rings. The summed E-state index contributed by atoms with van der Waals surface area (Å²) in [4.78, 5) is 24.1. The van der Waals surface area contributed by atoms with Gasteiger partial charge in [-0.15, -0.1) is 0 Å². The predicted octanol–water partition coefficient (Wildman–Crippen LogP) is 3.37. The molecule has 2 atom stereocenters. The highest BCUT2D eigenvalue weighted by molar-refractivity contribution is 6.91. The normalized spacial score (nSPS) is 14.1. The molecule has 0 saturated carbocycles. The Morgan fingerprint density at radius 1 is 1.04 bits per heavy atom. The topological polar surface area (TPSA) is 52.6 Å². The fraction of sp³-hybridized carbons (Fsp3) is 0.579. The van der Waals surface area contributed by atoms with Crippen LogP contribution >= 0.6 is 0 Å². The maximum Gasteiger partial charge on any atom is 0.308 e. The molecule has 1 aromatic rings. The number of rotatable bonds is 8. The fourth-order valence-corrected chi connectivity index (χ4v) is 8.24. The van der Waals surface area contributed by atoms with Gasteiger partial charge in [-0.3, -0.25) is 9.59 Å².